The first-order chi connectivity index (χ1) is 19.7. The zero-order valence-electron chi connectivity index (χ0n) is 23.1. The molecule has 1 aliphatic rings. The van der Waals surface area contributed by atoms with Gasteiger partial charge in [0, 0.05) is 24.5 Å². The average Bonchev–Trinajstić information content (AvgIpc) is 2.95. The first-order valence-corrected chi connectivity index (χ1v) is 16.3. The largest absolute Gasteiger partial charge is 0.486 e. The second-order valence-electron chi connectivity index (χ2n) is 10.1. The van der Waals surface area contributed by atoms with Gasteiger partial charge in [0.1, 0.15) is 11.9 Å². The van der Waals surface area contributed by atoms with E-state index in [4.69, 9.17) is 16.3 Å². The number of halogens is 2. The molecule has 0 radical (unpaired) electrons. The lowest BCUT2D eigenvalue weighted by Gasteiger charge is -2.38. The number of hydrogen-bond acceptors (Lipinski definition) is 7. The SMILES string of the molecule is C[C@@H]1CN([C@H](C)CO)C(=O)c2cccc(NS(=O)(=O)c3ccc(Cl)cc3)c2O[C@@H]1CN(C)S(=O)(=O)c1ccc(F)cc1. The molecule has 4 rings (SSSR count). The first kappa shape index (κ1) is 31.7. The summed E-state index contributed by atoms with van der Waals surface area (Å²) in [5.41, 5.74) is 0.00287. The van der Waals surface area contributed by atoms with Gasteiger partial charge in [0.2, 0.25) is 10.0 Å². The minimum Gasteiger partial charge on any atom is -0.486 e. The molecule has 1 aliphatic heterocycles. The van der Waals surface area contributed by atoms with Gasteiger partial charge in [-0.05, 0) is 67.6 Å². The van der Waals surface area contributed by atoms with Gasteiger partial charge in [-0.3, -0.25) is 9.52 Å². The Balaban J connectivity index is 1.76. The van der Waals surface area contributed by atoms with E-state index in [2.05, 4.69) is 4.72 Å². The number of benzene rings is 3. The van der Waals surface area contributed by atoms with Gasteiger partial charge >= 0.3 is 0 Å². The normalized spacial score (nSPS) is 18.5. The second kappa shape index (κ2) is 12.6. The molecule has 1 amide bonds. The molecular weight excluding hydrogens is 609 g/mol. The maximum absolute atomic E-state index is 13.7. The quantitative estimate of drug-likeness (QED) is 0.364. The van der Waals surface area contributed by atoms with Crippen molar-refractivity contribution in [3.63, 3.8) is 0 Å². The Kier molecular flexibility index (Phi) is 9.48. The molecule has 0 spiro atoms. The predicted molar refractivity (Wildman–Crippen MR) is 156 cm³/mol. The highest BCUT2D eigenvalue weighted by atomic mass is 35.5. The summed E-state index contributed by atoms with van der Waals surface area (Å²) in [4.78, 5) is 14.9. The first-order valence-electron chi connectivity index (χ1n) is 13.0. The molecule has 2 N–H and O–H groups in total. The number of aliphatic hydroxyl groups is 1. The molecule has 0 saturated carbocycles. The number of likely N-dealkylation sites (N-methyl/N-ethyl adjacent to an activating group) is 1. The van der Waals surface area contributed by atoms with Crippen LogP contribution in [0.4, 0.5) is 10.1 Å². The molecule has 3 aromatic carbocycles. The smallest absolute Gasteiger partial charge is 0.262 e. The maximum atomic E-state index is 13.7. The Morgan fingerprint density at radius 1 is 1.07 bits per heavy atom. The molecule has 0 fully saturated rings. The van der Waals surface area contributed by atoms with Crippen LogP contribution in [-0.2, 0) is 20.0 Å². The van der Waals surface area contributed by atoms with Crippen molar-refractivity contribution in [2.45, 2.75) is 35.8 Å². The number of rotatable bonds is 9. The molecule has 0 aliphatic carbocycles. The molecule has 226 valence electrons. The van der Waals surface area contributed by atoms with Crippen LogP contribution in [0.25, 0.3) is 0 Å². The zero-order valence-corrected chi connectivity index (χ0v) is 25.5. The van der Waals surface area contributed by atoms with Crippen LogP contribution in [0.1, 0.15) is 24.2 Å². The van der Waals surface area contributed by atoms with Gasteiger partial charge in [-0.15, -0.1) is 0 Å². The highest BCUT2D eigenvalue weighted by molar-refractivity contribution is 7.92. The van der Waals surface area contributed by atoms with Crippen molar-refractivity contribution in [1.29, 1.82) is 0 Å². The van der Waals surface area contributed by atoms with Crippen LogP contribution >= 0.6 is 11.6 Å². The third-order valence-electron chi connectivity index (χ3n) is 7.02. The van der Waals surface area contributed by atoms with E-state index >= 15 is 0 Å². The highest BCUT2D eigenvalue weighted by Gasteiger charge is 2.36. The van der Waals surface area contributed by atoms with Crippen LogP contribution in [0.2, 0.25) is 5.02 Å². The van der Waals surface area contributed by atoms with Crippen LogP contribution in [0, 0.1) is 11.7 Å². The highest BCUT2D eigenvalue weighted by Crippen LogP contribution is 2.36. The Morgan fingerprint density at radius 3 is 2.31 bits per heavy atom. The Hall–Kier alpha value is -3.23. The molecule has 3 atom stereocenters. The Bertz CT molecular complexity index is 1650. The number of ether oxygens (including phenoxy) is 1. The monoisotopic (exact) mass is 639 g/mol. The molecular formula is C28H31ClFN3O7S2. The van der Waals surface area contributed by atoms with Crippen molar-refractivity contribution >= 4 is 43.2 Å². The van der Waals surface area contributed by atoms with Gasteiger partial charge in [0.05, 0.1) is 40.2 Å². The fourth-order valence-electron chi connectivity index (χ4n) is 4.50. The number of carbonyl (C=O) groups excluding carboxylic acids is 1. The summed E-state index contributed by atoms with van der Waals surface area (Å²) >= 11 is 5.91. The van der Waals surface area contributed by atoms with Gasteiger partial charge < -0.3 is 14.7 Å². The number of aliphatic hydroxyl groups excluding tert-OH is 1. The molecule has 0 bridgehead atoms. The van der Waals surface area contributed by atoms with E-state index in [0.29, 0.717) is 5.02 Å². The van der Waals surface area contributed by atoms with Gasteiger partial charge in [-0.1, -0.05) is 24.6 Å². The number of fused-ring (bicyclic) bond motifs is 1. The lowest BCUT2D eigenvalue weighted by Crippen LogP contribution is -2.50. The predicted octanol–water partition coefficient (Wildman–Crippen LogP) is 3.82. The molecule has 1 heterocycles. The lowest BCUT2D eigenvalue weighted by atomic mass is 9.99. The summed E-state index contributed by atoms with van der Waals surface area (Å²) in [6, 6.07) is 13.7. The third kappa shape index (κ3) is 6.70. The summed E-state index contributed by atoms with van der Waals surface area (Å²) < 4.78 is 76.3. The zero-order chi connectivity index (χ0) is 30.8. The molecule has 10 nitrogen and oxygen atoms in total. The van der Waals surface area contributed by atoms with Gasteiger partial charge in [0.25, 0.3) is 15.9 Å². The Labute approximate surface area is 249 Å². The van der Waals surface area contributed by atoms with E-state index in [9.17, 15) is 31.1 Å². The molecule has 3 aromatic rings. The van der Waals surface area contributed by atoms with Crippen molar-refractivity contribution in [2.24, 2.45) is 5.92 Å². The number of anilines is 1. The van der Waals surface area contributed by atoms with E-state index in [1.807, 2.05) is 0 Å². The fourth-order valence-corrected chi connectivity index (χ4v) is 6.87. The summed E-state index contributed by atoms with van der Waals surface area (Å²) in [6.45, 7) is 3.03. The van der Waals surface area contributed by atoms with Crippen molar-refractivity contribution in [2.75, 3.05) is 31.5 Å². The van der Waals surface area contributed by atoms with Crippen molar-refractivity contribution in [1.82, 2.24) is 9.21 Å². The maximum Gasteiger partial charge on any atom is 0.262 e. The van der Waals surface area contributed by atoms with E-state index in [1.54, 1.807) is 13.8 Å². The fraction of sp³-hybridized carbons (Fsp3) is 0.321. The molecule has 14 heteroatoms. The van der Waals surface area contributed by atoms with E-state index in [1.165, 1.54) is 54.4 Å². The number of carbonyl (C=O) groups is 1. The number of nitrogens with one attached hydrogen (secondary N) is 1. The van der Waals surface area contributed by atoms with Crippen LogP contribution in [-0.4, -0.2) is 75.9 Å². The van der Waals surface area contributed by atoms with Gasteiger partial charge in [0.15, 0.2) is 5.75 Å². The summed E-state index contributed by atoms with van der Waals surface area (Å²) in [5.74, 6) is -1.62. The van der Waals surface area contributed by atoms with E-state index < -0.39 is 49.8 Å². The lowest BCUT2D eigenvalue weighted by molar-refractivity contribution is 0.0389. The van der Waals surface area contributed by atoms with E-state index in [-0.39, 0.29) is 46.5 Å². The number of para-hydroxylation sites is 1. The number of sulfonamides is 2. The minimum atomic E-state index is -4.14. The van der Waals surface area contributed by atoms with E-state index in [0.717, 1.165) is 28.6 Å². The average molecular weight is 640 g/mol. The summed E-state index contributed by atoms with van der Waals surface area (Å²) in [6.07, 6.45) is -0.869. The third-order valence-corrected chi connectivity index (χ3v) is 10.5. The minimum absolute atomic E-state index is 0.0319. The molecule has 0 unspecified atom stereocenters. The van der Waals surface area contributed by atoms with Crippen molar-refractivity contribution in [3.8, 4) is 5.75 Å². The van der Waals surface area contributed by atoms with Gasteiger partial charge in [-0.25, -0.2) is 21.2 Å². The van der Waals surface area contributed by atoms with Crippen molar-refractivity contribution in [3.05, 3.63) is 83.1 Å². The van der Waals surface area contributed by atoms with Crippen LogP contribution in [0.3, 0.4) is 0 Å². The molecule has 0 saturated heterocycles. The molecule has 42 heavy (non-hydrogen) atoms. The number of amides is 1. The topological polar surface area (TPSA) is 133 Å². The summed E-state index contributed by atoms with van der Waals surface area (Å²) in [7, 11) is -6.85. The molecule has 0 aromatic heterocycles. The number of nitrogens with zero attached hydrogens (tertiary/aromatic N) is 2. The van der Waals surface area contributed by atoms with Crippen LogP contribution in [0.15, 0.2) is 76.5 Å². The standard InChI is InChI=1S/C28H31ClFN3O7S2/c1-18-15-33(19(2)17-34)28(35)24-5-4-6-25(31-41(36,37)22-11-7-20(29)8-12-22)27(24)40-26(18)16-32(3)42(38,39)23-13-9-21(30)10-14-23/h4-14,18-19,26,31,34H,15-17H2,1-3H3/t18-,19-,26-/m1/s1. The summed E-state index contributed by atoms with van der Waals surface area (Å²) in [5, 5.41) is 10.2. The number of hydrogen-bond donors (Lipinski definition) is 2. The van der Waals surface area contributed by atoms with Gasteiger partial charge in [-0.2, -0.15) is 4.31 Å². The van der Waals surface area contributed by atoms with Crippen LogP contribution < -0.4 is 9.46 Å². The Morgan fingerprint density at radius 2 is 1.69 bits per heavy atom. The van der Waals surface area contributed by atoms with Crippen LogP contribution in [0.5, 0.6) is 5.75 Å². The van der Waals surface area contributed by atoms with Crippen molar-refractivity contribution < 1.29 is 35.9 Å². The second-order valence-corrected chi connectivity index (χ2v) is 14.3.